The maximum absolute atomic E-state index is 12.0. The van der Waals surface area contributed by atoms with Gasteiger partial charge in [-0.2, -0.15) is 0 Å². The highest BCUT2D eigenvalue weighted by Gasteiger charge is 2.21. The zero-order valence-corrected chi connectivity index (χ0v) is 14.4. The lowest BCUT2D eigenvalue weighted by atomic mass is 10.2. The van der Waals surface area contributed by atoms with E-state index in [1.165, 1.54) is 11.3 Å². The molecule has 124 valence electrons. The molecule has 1 aliphatic rings. The molecule has 0 aromatic carbocycles. The van der Waals surface area contributed by atoms with Crippen LogP contribution in [0.2, 0.25) is 0 Å². The lowest BCUT2D eigenvalue weighted by Crippen LogP contribution is -2.49. The van der Waals surface area contributed by atoms with Crippen molar-refractivity contribution in [2.75, 3.05) is 44.6 Å². The molecule has 1 atom stereocenters. The normalized spacial score (nSPS) is 18.0. The molecule has 1 aliphatic heterocycles. The fourth-order valence-electron chi connectivity index (χ4n) is 2.59. The van der Waals surface area contributed by atoms with Crippen molar-refractivity contribution in [3.8, 4) is 0 Å². The van der Waals surface area contributed by atoms with E-state index in [9.17, 15) is 9.90 Å². The van der Waals surface area contributed by atoms with Crippen LogP contribution >= 0.6 is 22.7 Å². The number of hydrogen-bond acceptors (Lipinski definition) is 7. The third-order valence-corrected chi connectivity index (χ3v) is 5.48. The van der Waals surface area contributed by atoms with Crippen molar-refractivity contribution in [3.63, 3.8) is 0 Å². The lowest BCUT2D eigenvalue weighted by molar-refractivity contribution is -0.117. The van der Waals surface area contributed by atoms with Gasteiger partial charge in [0.25, 0.3) is 0 Å². The van der Waals surface area contributed by atoms with Crippen LogP contribution in [0.3, 0.4) is 0 Å². The third kappa shape index (κ3) is 4.82. The van der Waals surface area contributed by atoms with Gasteiger partial charge in [0.1, 0.15) is 6.10 Å². The summed E-state index contributed by atoms with van der Waals surface area (Å²) in [5.41, 5.74) is 0. The van der Waals surface area contributed by atoms with E-state index in [1.807, 2.05) is 22.9 Å². The molecule has 1 fully saturated rings. The van der Waals surface area contributed by atoms with Gasteiger partial charge in [-0.3, -0.25) is 14.6 Å². The summed E-state index contributed by atoms with van der Waals surface area (Å²) in [6.45, 7) is 4.45. The Balaban J connectivity index is 1.39. The van der Waals surface area contributed by atoms with Gasteiger partial charge in [-0.25, -0.2) is 4.98 Å². The molecule has 0 saturated carbocycles. The van der Waals surface area contributed by atoms with Crippen LogP contribution in [0, 0.1) is 0 Å². The second-order valence-electron chi connectivity index (χ2n) is 5.49. The van der Waals surface area contributed by atoms with Crippen molar-refractivity contribution < 1.29 is 9.90 Å². The topological polar surface area (TPSA) is 68.7 Å². The maximum Gasteiger partial charge on any atom is 0.240 e. The minimum absolute atomic E-state index is 0.0213. The number of carbonyl (C=O) groups excluding carboxylic acids is 1. The second-order valence-corrected chi connectivity index (χ2v) is 7.37. The summed E-state index contributed by atoms with van der Waals surface area (Å²) >= 11 is 3.01. The number of thiazole rings is 1. The van der Waals surface area contributed by atoms with Gasteiger partial charge in [0.2, 0.25) is 5.91 Å². The van der Waals surface area contributed by atoms with Gasteiger partial charge < -0.3 is 10.4 Å². The largest absolute Gasteiger partial charge is 0.386 e. The summed E-state index contributed by atoms with van der Waals surface area (Å²) in [7, 11) is 0. The van der Waals surface area contributed by atoms with Crippen molar-refractivity contribution in [3.05, 3.63) is 34.0 Å². The zero-order valence-electron chi connectivity index (χ0n) is 12.7. The first-order chi connectivity index (χ1) is 11.2. The van der Waals surface area contributed by atoms with Gasteiger partial charge in [-0.05, 0) is 11.4 Å². The Labute approximate surface area is 143 Å². The molecule has 0 spiro atoms. The summed E-state index contributed by atoms with van der Waals surface area (Å²) in [6.07, 6.45) is 1.26. The van der Waals surface area contributed by atoms with Crippen LogP contribution in [-0.4, -0.2) is 65.1 Å². The number of piperazine rings is 1. The minimum Gasteiger partial charge on any atom is -0.386 e. The molecule has 3 rings (SSSR count). The molecule has 8 heteroatoms. The number of carbonyl (C=O) groups is 1. The van der Waals surface area contributed by atoms with Crippen LogP contribution in [0.4, 0.5) is 5.13 Å². The van der Waals surface area contributed by atoms with Gasteiger partial charge in [-0.15, -0.1) is 22.7 Å². The molecule has 2 N–H and O–H groups in total. The van der Waals surface area contributed by atoms with Gasteiger partial charge >= 0.3 is 0 Å². The highest BCUT2D eigenvalue weighted by Crippen LogP contribution is 2.20. The Bertz CT molecular complexity index is 595. The number of aliphatic hydroxyl groups excluding tert-OH is 1. The molecule has 6 nitrogen and oxygen atoms in total. The molecular weight excluding hydrogens is 332 g/mol. The molecule has 0 aliphatic carbocycles. The Hall–Kier alpha value is -1.32. The molecule has 0 unspecified atom stereocenters. The third-order valence-electron chi connectivity index (χ3n) is 3.81. The van der Waals surface area contributed by atoms with E-state index in [0.29, 0.717) is 18.2 Å². The van der Waals surface area contributed by atoms with E-state index in [0.717, 1.165) is 31.1 Å². The summed E-state index contributed by atoms with van der Waals surface area (Å²) in [6, 6.07) is 3.93. The minimum atomic E-state index is -0.422. The summed E-state index contributed by atoms with van der Waals surface area (Å²) in [5.74, 6) is -0.0213. The average molecular weight is 352 g/mol. The van der Waals surface area contributed by atoms with Crippen LogP contribution in [-0.2, 0) is 4.79 Å². The quantitative estimate of drug-likeness (QED) is 0.824. The number of anilines is 1. The maximum atomic E-state index is 12.0. The Morgan fingerprint density at radius 2 is 2.04 bits per heavy atom. The summed E-state index contributed by atoms with van der Waals surface area (Å²) in [4.78, 5) is 21.4. The second kappa shape index (κ2) is 7.98. The lowest BCUT2D eigenvalue weighted by Gasteiger charge is -2.35. The number of nitrogens with one attached hydrogen (secondary N) is 1. The Morgan fingerprint density at radius 1 is 1.26 bits per heavy atom. The molecule has 23 heavy (non-hydrogen) atoms. The van der Waals surface area contributed by atoms with E-state index < -0.39 is 6.10 Å². The van der Waals surface area contributed by atoms with Crippen LogP contribution in [0.15, 0.2) is 29.1 Å². The predicted molar refractivity (Wildman–Crippen MR) is 92.9 cm³/mol. The van der Waals surface area contributed by atoms with Gasteiger partial charge in [0.15, 0.2) is 5.13 Å². The van der Waals surface area contributed by atoms with E-state index in [4.69, 9.17) is 0 Å². The predicted octanol–water partition coefficient (Wildman–Crippen LogP) is 1.49. The highest BCUT2D eigenvalue weighted by molar-refractivity contribution is 7.13. The fraction of sp³-hybridized carbons (Fsp3) is 0.467. The van der Waals surface area contributed by atoms with Gasteiger partial charge in [0, 0.05) is 49.2 Å². The summed E-state index contributed by atoms with van der Waals surface area (Å²) < 4.78 is 0. The monoisotopic (exact) mass is 352 g/mol. The Morgan fingerprint density at radius 3 is 2.70 bits per heavy atom. The molecule has 3 heterocycles. The molecule has 0 bridgehead atoms. The molecule has 1 amide bonds. The first kappa shape index (κ1) is 16.5. The SMILES string of the molecule is O=C(CN1CCN(C[C@@H](O)c2cccs2)CC1)Nc1nccs1. The number of thiophene rings is 1. The van der Waals surface area contributed by atoms with Crippen molar-refractivity contribution >= 4 is 33.7 Å². The van der Waals surface area contributed by atoms with Gasteiger partial charge in [0.05, 0.1) is 6.54 Å². The van der Waals surface area contributed by atoms with Crippen LogP contribution < -0.4 is 5.32 Å². The van der Waals surface area contributed by atoms with Crippen molar-refractivity contribution in [2.24, 2.45) is 0 Å². The van der Waals surface area contributed by atoms with Crippen LogP contribution in [0.5, 0.6) is 0 Å². The molecule has 1 saturated heterocycles. The number of aliphatic hydroxyl groups is 1. The van der Waals surface area contributed by atoms with Crippen LogP contribution in [0.1, 0.15) is 11.0 Å². The summed E-state index contributed by atoms with van der Waals surface area (Å²) in [5, 5.41) is 17.5. The highest BCUT2D eigenvalue weighted by atomic mass is 32.1. The fourth-order valence-corrected chi connectivity index (χ4v) is 3.84. The van der Waals surface area contributed by atoms with E-state index in [1.54, 1.807) is 17.5 Å². The average Bonchev–Trinajstić information content (AvgIpc) is 3.22. The number of hydrogen-bond donors (Lipinski definition) is 2. The molecular formula is C15H20N4O2S2. The number of rotatable bonds is 6. The van der Waals surface area contributed by atoms with Crippen molar-refractivity contribution in [2.45, 2.75) is 6.10 Å². The van der Waals surface area contributed by atoms with E-state index in [2.05, 4.69) is 20.1 Å². The van der Waals surface area contributed by atoms with E-state index >= 15 is 0 Å². The Kier molecular flexibility index (Phi) is 5.74. The van der Waals surface area contributed by atoms with E-state index in [-0.39, 0.29) is 5.91 Å². The number of aromatic nitrogens is 1. The smallest absolute Gasteiger partial charge is 0.240 e. The van der Waals surface area contributed by atoms with Crippen molar-refractivity contribution in [1.82, 2.24) is 14.8 Å². The van der Waals surface area contributed by atoms with Crippen LogP contribution in [0.25, 0.3) is 0 Å². The number of β-amino-alcohol motifs (C(OH)–C–C–N with tert-alkyl or cyclic N) is 1. The van der Waals surface area contributed by atoms with Gasteiger partial charge in [-0.1, -0.05) is 6.07 Å². The first-order valence-corrected chi connectivity index (χ1v) is 9.32. The number of nitrogens with zero attached hydrogens (tertiary/aromatic N) is 3. The van der Waals surface area contributed by atoms with Crippen molar-refractivity contribution in [1.29, 1.82) is 0 Å². The standard InChI is InChI=1S/C15H20N4O2S2/c20-12(13-2-1-8-22-13)10-18-4-6-19(7-5-18)11-14(21)17-15-16-3-9-23-15/h1-3,8-9,12,20H,4-7,10-11H2,(H,16,17,21)/t12-/m1/s1. The molecule has 2 aromatic rings. The first-order valence-electron chi connectivity index (χ1n) is 7.56. The zero-order chi connectivity index (χ0) is 16.1. The number of amides is 1. The molecule has 2 aromatic heterocycles. The molecule has 0 radical (unpaired) electrons.